The zero-order valence-corrected chi connectivity index (χ0v) is 16.7. The van der Waals surface area contributed by atoms with E-state index >= 15 is 0 Å². The Morgan fingerprint density at radius 2 is 1.68 bits per heavy atom. The van der Waals surface area contributed by atoms with E-state index in [0.29, 0.717) is 11.0 Å². The van der Waals surface area contributed by atoms with Crippen LogP contribution in [0.25, 0.3) is 11.1 Å². The number of pyridine rings is 1. The summed E-state index contributed by atoms with van der Waals surface area (Å²) < 4.78 is 45.6. The molecule has 164 valence electrons. The highest BCUT2D eigenvalue weighted by Gasteiger charge is 2.40. The minimum absolute atomic E-state index is 0.271. The molecule has 0 N–H and O–H groups in total. The predicted octanol–water partition coefficient (Wildman–Crippen LogP) is 3.67. The van der Waals surface area contributed by atoms with E-state index in [9.17, 15) is 37.7 Å². The number of aromatic nitrogens is 1. The maximum absolute atomic E-state index is 13.7. The molecule has 0 unspecified atom stereocenters. The minimum Gasteiger partial charge on any atom is -0.465 e. The van der Waals surface area contributed by atoms with E-state index < -0.39 is 62.6 Å². The van der Waals surface area contributed by atoms with Crippen molar-refractivity contribution < 1.29 is 37.2 Å². The van der Waals surface area contributed by atoms with Gasteiger partial charge in [-0.3, -0.25) is 19.7 Å². The number of carbonyl (C=O) groups is 3. The maximum Gasteiger partial charge on any atom is 0.417 e. The van der Waals surface area contributed by atoms with Crippen molar-refractivity contribution in [1.29, 1.82) is 0 Å². The minimum atomic E-state index is -4.93. The first-order valence-electron chi connectivity index (χ1n) is 8.58. The number of nitrogens with zero attached hydrogens (tertiary/aromatic N) is 3. The highest BCUT2D eigenvalue weighted by Crippen LogP contribution is 2.45. The fraction of sp³-hybridized carbons (Fsp3) is 0.263. The average molecular weight is 439 g/mol. The van der Waals surface area contributed by atoms with Crippen LogP contribution in [-0.2, 0) is 20.5 Å². The molecule has 2 aromatic rings. The average Bonchev–Trinajstić information content (AvgIpc) is 2.65. The van der Waals surface area contributed by atoms with Crippen molar-refractivity contribution in [3.8, 4) is 11.1 Å². The molecule has 0 fully saturated rings. The smallest absolute Gasteiger partial charge is 0.417 e. The largest absolute Gasteiger partial charge is 0.465 e. The normalized spacial score (nSPS) is 11.1. The third-order valence-electron chi connectivity index (χ3n) is 4.25. The van der Waals surface area contributed by atoms with Crippen LogP contribution in [0, 0.1) is 17.0 Å². The molecule has 0 aliphatic heterocycles. The van der Waals surface area contributed by atoms with Crippen LogP contribution in [0.3, 0.4) is 0 Å². The number of alkyl halides is 3. The summed E-state index contributed by atoms with van der Waals surface area (Å²) >= 11 is 0. The number of anilines is 1. The van der Waals surface area contributed by atoms with Crippen LogP contribution in [0.4, 0.5) is 24.7 Å². The number of esters is 1. The molecule has 12 heteroatoms. The summed E-state index contributed by atoms with van der Waals surface area (Å²) in [7, 11) is 0.943. The number of benzene rings is 1. The van der Waals surface area contributed by atoms with Gasteiger partial charge >= 0.3 is 17.8 Å². The van der Waals surface area contributed by atoms with Crippen molar-refractivity contribution >= 4 is 29.3 Å². The Labute approximate surface area is 173 Å². The van der Waals surface area contributed by atoms with E-state index in [-0.39, 0.29) is 5.69 Å². The molecular weight excluding hydrogens is 423 g/mol. The van der Waals surface area contributed by atoms with Gasteiger partial charge in [-0.1, -0.05) is 18.2 Å². The molecule has 1 aromatic heterocycles. The lowest BCUT2D eigenvalue weighted by atomic mass is 9.92. The first-order chi connectivity index (χ1) is 14.3. The molecule has 31 heavy (non-hydrogen) atoms. The van der Waals surface area contributed by atoms with E-state index in [1.165, 1.54) is 13.0 Å². The maximum atomic E-state index is 13.7. The Bertz CT molecular complexity index is 1080. The van der Waals surface area contributed by atoms with Crippen molar-refractivity contribution in [2.45, 2.75) is 26.9 Å². The lowest BCUT2D eigenvalue weighted by Crippen LogP contribution is -2.35. The summed E-state index contributed by atoms with van der Waals surface area (Å²) in [5.74, 6) is -3.89. The van der Waals surface area contributed by atoms with Crippen LogP contribution in [0.1, 0.15) is 35.5 Å². The molecule has 0 spiro atoms. The van der Waals surface area contributed by atoms with E-state index in [1.807, 2.05) is 0 Å². The Kier molecular flexibility index (Phi) is 6.43. The summed E-state index contributed by atoms with van der Waals surface area (Å²) in [5, 5.41) is 12.0. The van der Waals surface area contributed by atoms with E-state index in [0.717, 1.165) is 33.1 Å². The van der Waals surface area contributed by atoms with Crippen LogP contribution in [0.2, 0.25) is 0 Å². The topological polar surface area (TPSA) is 120 Å². The summed E-state index contributed by atoms with van der Waals surface area (Å²) in [6, 6.07) is 3.89. The number of ether oxygens (including phenoxy) is 1. The second-order valence-electron chi connectivity index (χ2n) is 6.28. The molecular formula is C19H16F3N3O6. The van der Waals surface area contributed by atoms with Crippen LogP contribution in [0.15, 0.2) is 24.3 Å². The van der Waals surface area contributed by atoms with Crippen molar-refractivity contribution in [2.75, 3.05) is 12.0 Å². The van der Waals surface area contributed by atoms with Gasteiger partial charge in [0, 0.05) is 19.4 Å². The van der Waals surface area contributed by atoms with Crippen molar-refractivity contribution in [3.05, 3.63) is 51.2 Å². The van der Waals surface area contributed by atoms with E-state index in [2.05, 4.69) is 9.72 Å². The first kappa shape index (κ1) is 23.4. The van der Waals surface area contributed by atoms with Gasteiger partial charge in [0.25, 0.3) is 0 Å². The van der Waals surface area contributed by atoms with Gasteiger partial charge < -0.3 is 4.74 Å². The van der Waals surface area contributed by atoms with Crippen LogP contribution in [-0.4, -0.2) is 34.8 Å². The summed E-state index contributed by atoms with van der Waals surface area (Å²) in [6.45, 7) is 3.05. The molecule has 2 amide bonds. The Hall–Kier alpha value is -3.83. The number of aryl methyl sites for hydroxylation is 1. The van der Waals surface area contributed by atoms with Gasteiger partial charge in [0.05, 0.1) is 34.4 Å². The third-order valence-corrected chi connectivity index (χ3v) is 4.25. The standard InChI is InChI=1S/C19H16F3N3O6/c1-9-14(18(28)31-4)15(12-7-5-6-8-13(12)19(20,21)22)16(25(29)30)17(23-9)24(10(2)26)11(3)27/h5-8H,1-4H3. The van der Waals surface area contributed by atoms with Gasteiger partial charge in [-0.25, -0.2) is 14.7 Å². The van der Waals surface area contributed by atoms with Crippen LogP contribution >= 0.6 is 0 Å². The third kappa shape index (κ3) is 4.37. The van der Waals surface area contributed by atoms with Gasteiger partial charge in [0.2, 0.25) is 17.6 Å². The number of carbonyl (C=O) groups excluding carboxylic acids is 3. The number of nitro groups is 1. The summed E-state index contributed by atoms with van der Waals surface area (Å²) in [5.41, 5.74) is -4.72. The molecule has 0 radical (unpaired) electrons. The number of imide groups is 1. The molecule has 0 bridgehead atoms. The quantitative estimate of drug-likeness (QED) is 0.405. The highest BCUT2D eigenvalue weighted by molar-refractivity contribution is 6.15. The second kappa shape index (κ2) is 8.50. The van der Waals surface area contributed by atoms with Gasteiger partial charge in [0.1, 0.15) is 0 Å². The molecule has 1 aromatic carbocycles. The summed E-state index contributed by atoms with van der Waals surface area (Å²) in [4.78, 5) is 51.5. The molecule has 0 aliphatic carbocycles. The Morgan fingerprint density at radius 3 is 2.13 bits per heavy atom. The van der Waals surface area contributed by atoms with Gasteiger partial charge in [-0.05, 0) is 13.0 Å². The fourth-order valence-electron chi connectivity index (χ4n) is 3.09. The molecule has 0 aliphatic rings. The Balaban J connectivity index is 3.19. The number of hydrogen-bond acceptors (Lipinski definition) is 7. The second-order valence-corrected chi connectivity index (χ2v) is 6.28. The fourth-order valence-corrected chi connectivity index (χ4v) is 3.09. The van der Waals surface area contributed by atoms with E-state index in [1.54, 1.807) is 0 Å². The molecule has 1 heterocycles. The number of hydrogen-bond donors (Lipinski definition) is 0. The first-order valence-corrected chi connectivity index (χ1v) is 8.58. The van der Waals surface area contributed by atoms with Gasteiger partial charge in [-0.15, -0.1) is 0 Å². The van der Waals surface area contributed by atoms with Gasteiger partial charge in [-0.2, -0.15) is 13.2 Å². The van der Waals surface area contributed by atoms with Crippen LogP contribution in [0.5, 0.6) is 0 Å². The highest BCUT2D eigenvalue weighted by atomic mass is 19.4. The Morgan fingerprint density at radius 1 is 1.13 bits per heavy atom. The van der Waals surface area contributed by atoms with Gasteiger partial charge in [0.15, 0.2) is 0 Å². The molecule has 2 rings (SSSR count). The predicted molar refractivity (Wildman–Crippen MR) is 101 cm³/mol. The molecule has 0 atom stereocenters. The van der Waals surface area contributed by atoms with E-state index in [4.69, 9.17) is 0 Å². The zero-order chi connectivity index (χ0) is 23.7. The number of halogens is 3. The molecule has 0 saturated heterocycles. The number of methoxy groups -OCH3 is 1. The molecule has 0 saturated carbocycles. The monoisotopic (exact) mass is 439 g/mol. The van der Waals surface area contributed by atoms with Crippen molar-refractivity contribution in [3.63, 3.8) is 0 Å². The van der Waals surface area contributed by atoms with Crippen molar-refractivity contribution in [2.24, 2.45) is 0 Å². The number of rotatable bonds is 4. The lowest BCUT2D eigenvalue weighted by Gasteiger charge is -2.21. The number of amides is 2. The SMILES string of the molecule is COC(=O)c1c(C)nc(N(C(C)=O)C(C)=O)c([N+](=O)[O-])c1-c1ccccc1C(F)(F)F. The zero-order valence-electron chi connectivity index (χ0n) is 16.7. The van der Waals surface area contributed by atoms with Crippen molar-refractivity contribution in [1.82, 2.24) is 4.98 Å². The summed E-state index contributed by atoms with van der Waals surface area (Å²) in [6.07, 6.45) is -4.93. The molecule has 9 nitrogen and oxygen atoms in total. The van der Waals surface area contributed by atoms with Crippen LogP contribution < -0.4 is 4.90 Å². The lowest BCUT2D eigenvalue weighted by molar-refractivity contribution is -0.383.